The molecule has 0 aliphatic carbocycles. The van der Waals surface area contributed by atoms with E-state index in [1.165, 1.54) is 6.20 Å². The first-order chi connectivity index (χ1) is 15.1. The van der Waals surface area contributed by atoms with Crippen LogP contribution in [0.4, 0.5) is 5.95 Å². The molecule has 9 nitrogen and oxygen atoms in total. The minimum atomic E-state index is -0.852. The van der Waals surface area contributed by atoms with E-state index in [4.69, 9.17) is 4.74 Å². The van der Waals surface area contributed by atoms with Gasteiger partial charge in [-0.25, -0.2) is 4.98 Å². The molecule has 3 aromatic heterocycles. The molecule has 0 aliphatic heterocycles. The summed E-state index contributed by atoms with van der Waals surface area (Å²) in [5.41, 5.74) is 2.73. The van der Waals surface area contributed by atoms with E-state index in [1.54, 1.807) is 12.4 Å². The fourth-order valence-corrected chi connectivity index (χ4v) is 3.55. The van der Waals surface area contributed by atoms with Crippen molar-refractivity contribution in [1.29, 1.82) is 0 Å². The van der Waals surface area contributed by atoms with E-state index in [-0.39, 0.29) is 18.2 Å². The maximum Gasteiger partial charge on any atom is 0.304 e. The lowest BCUT2D eigenvalue weighted by molar-refractivity contribution is -0.137. The molecule has 4 aromatic rings. The highest BCUT2D eigenvalue weighted by Crippen LogP contribution is 2.34. The number of aliphatic carboxylic acids is 1. The van der Waals surface area contributed by atoms with Crippen LogP contribution in [0.25, 0.3) is 10.9 Å². The molecule has 0 radical (unpaired) electrons. The zero-order chi connectivity index (χ0) is 21.6. The number of carboxylic acid groups (broad SMARTS) is 1. The van der Waals surface area contributed by atoms with Crippen LogP contribution in [0.1, 0.15) is 29.9 Å². The summed E-state index contributed by atoms with van der Waals surface area (Å²) in [6.07, 6.45) is 7.30. The Morgan fingerprint density at radius 3 is 2.81 bits per heavy atom. The Hall–Kier alpha value is -4.01. The summed E-state index contributed by atoms with van der Waals surface area (Å²) in [5, 5.41) is 22.7. The van der Waals surface area contributed by atoms with Crippen molar-refractivity contribution < 1.29 is 19.7 Å². The topological polar surface area (TPSA) is 136 Å². The Labute approximate surface area is 178 Å². The monoisotopic (exact) mass is 421 g/mol. The van der Waals surface area contributed by atoms with Crippen LogP contribution in [0.5, 0.6) is 11.6 Å². The van der Waals surface area contributed by atoms with Crippen LogP contribution in [0.2, 0.25) is 0 Å². The molecule has 5 N–H and O–H groups in total. The van der Waals surface area contributed by atoms with E-state index in [0.717, 1.165) is 34.2 Å². The molecule has 0 aliphatic rings. The van der Waals surface area contributed by atoms with Crippen molar-refractivity contribution in [3.8, 4) is 11.6 Å². The van der Waals surface area contributed by atoms with Crippen molar-refractivity contribution in [1.82, 2.24) is 19.9 Å². The van der Waals surface area contributed by atoms with Crippen molar-refractivity contribution in [2.45, 2.75) is 18.8 Å². The molecule has 0 bridgehead atoms. The van der Waals surface area contributed by atoms with Gasteiger partial charge in [0, 0.05) is 48.0 Å². The maximum atomic E-state index is 11.5. The number of hydrogen-bond acceptors (Lipinski definition) is 6. The van der Waals surface area contributed by atoms with E-state index in [0.29, 0.717) is 19.1 Å². The Kier molecular flexibility index (Phi) is 6.02. The predicted molar refractivity (Wildman–Crippen MR) is 115 cm³/mol. The second kappa shape index (κ2) is 9.21. The van der Waals surface area contributed by atoms with Crippen LogP contribution in [0.15, 0.2) is 55.1 Å². The second-order valence-electron chi connectivity index (χ2n) is 7.13. The summed E-state index contributed by atoms with van der Waals surface area (Å²) in [6.45, 7) is 1.15. The van der Waals surface area contributed by atoms with E-state index >= 15 is 0 Å². The number of nitrogens with zero attached hydrogens (tertiary/aromatic N) is 2. The predicted octanol–water partition coefficient (Wildman–Crippen LogP) is 3.48. The van der Waals surface area contributed by atoms with E-state index < -0.39 is 5.97 Å². The fourth-order valence-electron chi connectivity index (χ4n) is 3.55. The molecule has 3 heterocycles. The highest BCUT2D eigenvalue weighted by molar-refractivity contribution is 5.86. The van der Waals surface area contributed by atoms with Gasteiger partial charge >= 0.3 is 5.97 Å². The third-order valence-corrected chi connectivity index (χ3v) is 4.99. The third kappa shape index (κ3) is 4.95. The molecule has 1 unspecified atom stereocenters. The highest BCUT2D eigenvalue weighted by Gasteiger charge is 2.21. The molecule has 0 amide bonds. The summed E-state index contributed by atoms with van der Waals surface area (Å²) in [4.78, 5) is 25.4. The number of nitrogens with one attached hydrogen (secondary N) is 3. The minimum absolute atomic E-state index is 0.00430. The number of carbonyl (C=O) groups is 1. The first-order valence-corrected chi connectivity index (χ1v) is 9.93. The van der Waals surface area contributed by atoms with Crippen LogP contribution in [0.3, 0.4) is 0 Å². The van der Waals surface area contributed by atoms with Crippen molar-refractivity contribution in [3.05, 3.63) is 66.2 Å². The summed E-state index contributed by atoms with van der Waals surface area (Å²) >= 11 is 0. The molecule has 0 saturated heterocycles. The Morgan fingerprint density at radius 1 is 1.23 bits per heavy atom. The van der Waals surface area contributed by atoms with Crippen molar-refractivity contribution in [2.75, 3.05) is 18.5 Å². The average Bonchev–Trinajstić information content (AvgIpc) is 3.38. The number of ether oxygens (including phenoxy) is 1. The Morgan fingerprint density at radius 2 is 2.06 bits per heavy atom. The third-order valence-electron chi connectivity index (χ3n) is 4.99. The average molecular weight is 421 g/mol. The molecule has 1 atom stereocenters. The van der Waals surface area contributed by atoms with Gasteiger partial charge in [0.15, 0.2) is 0 Å². The van der Waals surface area contributed by atoms with Gasteiger partial charge in [0.1, 0.15) is 5.75 Å². The summed E-state index contributed by atoms with van der Waals surface area (Å²) in [5.74, 6) is 0.146. The van der Waals surface area contributed by atoms with Crippen LogP contribution < -0.4 is 10.1 Å². The second-order valence-corrected chi connectivity index (χ2v) is 7.13. The molecule has 160 valence electrons. The van der Waals surface area contributed by atoms with Crippen LogP contribution in [-0.2, 0) is 4.79 Å². The van der Waals surface area contributed by atoms with Gasteiger partial charge in [0.2, 0.25) is 11.8 Å². The van der Waals surface area contributed by atoms with Gasteiger partial charge in [0.05, 0.1) is 19.2 Å². The summed E-state index contributed by atoms with van der Waals surface area (Å²) < 4.78 is 5.83. The highest BCUT2D eigenvalue weighted by atomic mass is 16.5. The number of imidazole rings is 1. The van der Waals surface area contributed by atoms with Gasteiger partial charge in [-0.2, -0.15) is 0 Å². The summed E-state index contributed by atoms with van der Waals surface area (Å²) in [6, 6.07) is 9.46. The first-order valence-electron chi connectivity index (χ1n) is 9.93. The van der Waals surface area contributed by atoms with E-state index in [1.807, 2.05) is 36.5 Å². The number of benzene rings is 1. The Balaban J connectivity index is 1.41. The number of rotatable bonds is 10. The molecule has 0 saturated carbocycles. The number of hydrogen-bond donors (Lipinski definition) is 5. The van der Waals surface area contributed by atoms with Crippen LogP contribution in [-0.4, -0.2) is 49.3 Å². The maximum absolute atomic E-state index is 11.5. The molecule has 4 rings (SSSR count). The van der Waals surface area contributed by atoms with Gasteiger partial charge in [0.25, 0.3) is 0 Å². The lowest BCUT2D eigenvalue weighted by Gasteiger charge is -2.15. The standard InChI is InChI=1S/C22H23N5O4/c28-20-13-26-22(27-20)24-6-1-9-31-15-2-3-16-18(12-25-19(16)10-15)17(11-21(29)30)14-4-7-23-8-5-14/h2-5,7-8,10,12-13,17,25,28H,1,6,9,11H2,(H,29,30)(H2,24,26,27). The Bertz CT molecular complexity index is 1160. The smallest absolute Gasteiger partial charge is 0.304 e. The quantitative estimate of drug-likeness (QED) is 0.247. The van der Waals surface area contributed by atoms with Gasteiger partial charge in [-0.15, -0.1) is 0 Å². The van der Waals surface area contributed by atoms with Crippen LogP contribution in [0, 0.1) is 0 Å². The van der Waals surface area contributed by atoms with Gasteiger partial charge in [-0.3, -0.25) is 14.8 Å². The first kappa shape index (κ1) is 20.3. The number of aromatic hydroxyl groups is 1. The van der Waals surface area contributed by atoms with Crippen molar-refractivity contribution in [3.63, 3.8) is 0 Å². The molecular formula is C22H23N5O4. The lowest BCUT2D eigenvalue weighted by atomic mass is 9.89. The largest absolute Gasteiger partial charge is 0.493 e. The normalized spacial score (nSPS) is 12.0. The lowest BCUT2D eigenvalue weighted by Crippen LogP contribution is -2.08. The molecule has 0 spiro atoms. The number of H-pyrrole nitrogens is 2. The minimum Gasteiger partial charge on any atom is -0.493 e. The van der Waals surface area contributed by atoms with Crippen molar-refractivity contribution in [2.24, 2.45) is 0 Å². The number of carboxylic acids is 1. The number of aromatic amines is 2. The van der Waals surface area contributed by atoms with Gasteiger partial charge in [-0.05, 0) is 41.8 Å². The fraction of sp³-hybridized carbons (Fsp3) is 0.227. The van der Waals surface area contributed by atoms with Gasteiger partial charge < -0.3 is 25.3 Å². The number of aromatic nitrogens is 4. The van der Waals surface area contributed by atoms with E-state index in [9.17, 15) is 15.0 Å². The number of pyridine rings is 1. The number of anilines is 1. The van der Waals surface area contributed by atoms with E-state index in [2.05, 4.69) is 25.3 Å². The van der Waals surface area contributed by atoms with Crippen molar-refractivity contribution >= 4 is 22.8 Å². The summed E-state index contributed by atoms with van der Waals surface area (Å²) in [7, 11) is 0. The van der Waals surface area contributed by atoms with Gasteiger partial charge in [-0.1, -0.05) is 0 Å². The molecule has 31 heavy (non-hydrogen) atoms. The molecule has 0 fully saturated rings. The molecule has 9 heteroatoms. The molecule has 1 aromatic carbocycles. The SMILES string of the molecule is O=C(O)CC(c1ccncc1)c1c[nH]c2cc(OCCCNc3ncc(O)[nH]3)ccc12. The zero-order valence-electron chi connectivity index (χ0n) is 16.7. The number of fused-ring (bicyclic) bond motifs is 1. The zero-order valence-corrected chi connectivity index (χ0v) is 16.7. The van der Waals surface area contributed by atoms with Crippen LogP contribution >= 0.6 is 0 Å². The molecular weight excluding hydrogens is 398 g/mol.